The second-order valence-corrected chi connectivity index (χ2v) is 7.98. The molecule has 0 aliphatic carbocycles. The zero-order valence-electron chi connectivity index (χ0n) is 17.2. The minimum atomic E-state index is -0.0439. The van der Waals surface area contributed by atoms with Crippen molar-refractivity contribution in [3.8, 4) is 17.0 Å². The number of nitrogens with one attached hydrogen (secondary N) is 2. The van der Waals surface area contributed by atoms with Gasteiger partial charge in [-0.1, -0.05) is 32.9 Å². The Hall–Kier alpha value is -3.41. The number of rotatable bonds is 6. The third kappa shape index (κ3) is 5.78. The molecule has 0 radical (unpaired) electrons. The van der Waals surface area contributed by atoms with Crippen molar-refractivity contribution in [2.75, 3.05) is 17.7 Å². The first-order valence-corrected chi connectivity index (χ1v) is 9.46. The maximum Gasteiger partial charge on any atom is 0.224 e. The monoisotopic (exact) mass is 390 g/mol. The second-order valence-electron chi connectivity index (χ2n) is 7.98. The second kappa shape index (κ2) is 8.73. The first kappa shape index (κ1) is 20.3. The van der Waals surface area contributed by atoms with Crippen LogP contribution in [0.2, 0.25) is 0 Å². The van der Waals surface area contributed by atoms with Crippen molar-refractivity contribution in [3.63, 3.8) is 0 Å². The molecule has 3 rings (SSSR count). The van der Waals surface area contributed by atoms with Crippen LogP contribution in [0, 0.1) is 5.41 Å². The highest BCUT2D eigenvalue weighted by Gasteiger charge is 2.16. The van der Waals surface area contributed by atoms with Crippen molar-refractivity contribution >= 4 is 23.1 Å². The van der Waals surface area contributed by atoms with Crippen LogP contribution in [0.5, 0.6) is 5.75 Å². The molecule has 29 heavy (non-hydrogen) atoms. The van der Waals surface area contributed by atoms with Gasteiger partial charge in [-0.15, -0.1) is 0 Å². The summed E-state index contributed by atoms with van der Waals surface area (Å²) in [6.45, 7) is 6.13. The summed E-state index contributed by atoms with van der Waals surface area (Å²) < 4.78 is 5.42. The summed E-state index contributed by atoms with van der Waals surface area (Å²) in [5.74, 6) is 1.44. The normalized spacial score (nSPS) is 11.0. The molecule has 6 nitrogen and oxygen atoms in total. The fourth-order valence-corrected chi connectivity index (χ4v) is 2.90. The molecule has 0 spiro atoms. The fourth-order valence-electron chi connectivity index (χ4n) is 2.90. The van der Waals surface area contributed by atoms with E-state index in [9.17, 15) is 4.79 Å². The number of carbonyl (C=O) groups is 1. The molecule has 0 unspecified atom stereocenters. The third-order valence-electron chi connectivity index (χ3n) is 4.18. The number of para-hydroxylation sites is 1. The number of carbonyl (C=O) groups excluding carboxylic acids is 1. The van der Waals surface area contributed by atoms with Gasteiger partial charge in [0.2, 0.25) is 5.91 Å². The highest BCUT2D eigenvalue weighted by Crippen LogP contribution is 2.29. The Labute approximate surface area is 171 Å². The lowest BCUT2D eigenvalue weighted by Crippen LogP contribution is -2.19. The molecule has 3 aromatic rings. The predicted octanol–water partition coefficient (Wildman–Crippen LogP) is 5.27. The van der Waals surface area contributed by atoms with Crippen LogP contribution in [0.4, 0.5) is 17.2 Å². The standard InChI is InChI=1S/C23H26N4O2/c1-23(2,3)14-22(28)27-17-11-9-16(10-12-17)26-21-13-19(24-15-25-21)18-7-5-6-8-20(18)29-4/h5-13,15H,14H2,1-4H3,(H,27,28)(H,24,25,26). The van der Waals surface area contributed by atoms with Crippen LogP contribution in [0.3, 0.4) is 0 Å². The van der Waals surface area contributed by atoms with Gasteiger partial charge in [0.05, 0.1) is 12.8 Å². The number of amides is 1. The Morgan fingerprint density at radius 1 is 1.00 bits per heavy atom. The Bertz CT molecular complexity index is 979. The summed E-state index contributed by atoms with van der Waals surface area (Å²) >= 11 is 0. The molecule has 0 bridgehead atoms. The smallest absolute Gasteiger partial charge is 0.224 e. The number of aromatic nitrogens is 2. The van der Waals surface area contributed by atoms with Gasteiger partial charge in [0.15, 0.2) is 0 Å². The Balaban J connectivity index is 1.70. The molecular formula is C23H26N4O2. The maximum absolute atomic E-state index is 12.1. The zero-order chi connectivity index (χ0) is 20.9. The summed E-state index contributed by atoms with van der Waals surface area (Å²) in [6.07, 6.45) is 1.99. The lowest BCUT2D eigenvalue weighted by molar-refractivity contribution is -0.117. The molecular weight excluding hydrogens is 364 g/mol. The van der Waals surface area contributed by atoms with E-state index in [1.54, 1.807) is 7.11 Å². The number of nitrogens with zero attached hydrogens (tertiary/aromatic N) is 2. The number of methoxy groups -OCH3 is 1. The van der Waals surface area contributed by atoms with Crippen LogP contribution in [0.15, 0.2) is 60.9 Å². The first-order valence-electron chi connectivity index (χ1n) is 9.46. The summed E-state index contributed by atoms with van der Waals surface area (Å²) in [6, 6.07) is 17.1. The molecule has 1 amide bonds. The third-order valence-corrected chi connectivity index (χ3v) is 4.18. The molecule has 0 aliphatic rings. The summed E-state index contributed by atoms with van der Waals surface area (Å²) in [7, 11) is 1.64. The first-order chi connectivity index (χ1) is 13.8. The largest absolute Gasteiger partial charge is 0.496 e. The average molecular weight is 390 g/mol. The molecule has 2 N–H and O–H groups in total. The van der Waals surface area contributed by atoms with E-state index in [2.05, 4.69) is 20.6 Å². The van der Waals surface area contributed by atoms with E-state index in [-0.39, 0.29) is 11.3 Å². The van der Waals surface area contributed by atoms with E-state index in [4.69, 9.17) is 4.74 Å². The van der Waals surface area contributed by atoms with E-state index in [0.717, 1.165) is 28.4 Å². The van der Waals surface area contributed by atoms with Crippen LogP contribution in [0.25, 0.3) is 11.3 Å². The lowest BCUT2D eigenvalue weighted by atomic mass is 9.92. The van der Waals surface area contributed by atoms with Crippen LogP contribution >= 0.6 is 0 Å². The molecule has 1 heterocycles. The molecule has 0 saturated heterocycles. The van der Waals surface area contributed by atoms with Gasteiger partial charge in [-0.2, -0.15) is 0 Å². The van der Waals surface area contributed by atoms with Crippen molar-refractivity contribution in [3.05, 3.63) is 60.9 Å². The van der Waals surface area contributed by atoms with Gasteiger partial charge in [-0.05, 0) is 41.8 Å². The van der Waals surface area contributed by atoms with Crippen LogP contribution < -0.4 is 15.4 Å². The summed E-state index contributed by atoms with van der Waals surface area (Å²) in [4.78, 5) is 20.7. The van der Waals surface area contributed by atoms with Crippen molar-refractivity contribution in [1.82, 2.24) is 9.97 Å². The van der Waals surface area contributed by atoms with E-state index in [0.29, 0.717) is 12.2 Å². The quantitative estimate of drug-likeness (QED) is 0.599. The van der Waals surface area contributed by atoms with Gasteiger partial charge >= 0.3 is 0 Å². The van der Waals surface area contributed by atoms with E-state index in [1.807, 2.05) is 75.4 Å². The van der Waals surface area contributed by atoms with Gasteiger partial charge in [-0.25, -0.2) is 9.97 Å². The minimum Gasteiger partial charge on any atom is -0.496 e. The van der Waals surface area contributed by atoms with Gasteiger partial charge in [0, 0.05) is 29.4 Å². The molecule has 0 aliphatic heterocycles. The van der Waals surface area contributed by atoms with E-state index < -0.39 is 0 Å². The zero-order valence-corrected chi connectivity index (χ0v) is 17.2. The molecule has 6 heteroatoms. The predicted molar refractivity (Wildman–Crippen MR) is 116 cm³/mol. The number of anilines is 3. The Morgan fingerprint density at radius 3 is 2.38 bits per heavy atom. The number of ether oxygens (including phenoxy) is 1. The Morgan fingerprint density at radius 2 is 1.69 bits per heavy atom. The summed E-state index contributed by atoms with van der Waals surface area (Å²) in [5.41, 5.74) is 3.26. The topological polar surface area (TPSA) is 76.1 Å². The van der Waals surface area contributed by atoms with Gasteiger partial charge in [-0.3, -0.25) is 4.79 Å². The highest BCUT2D eigenvalue weighted by molar-refractivity contribution is 5.91. The van der Waals surface area contributed by atoms with Gasteiger partial charge in [0.25, 0.3) is 0 Å². The van der Waals surface area contributed by atoms with E-state index >= 15 is 0 Å². The molecule has 0 saturated carbocycles. The molecule has 150 valence electrons. The SMILES string of the molecule is COc1ccccc1-c1cc(Nc2ccc(NC(=O)CC(C)(C)C)cc2)ncn1. The van der Waals surface area contributed by atoms with E-state index in [1.165, 1.54) is 6.33 Å². The highest BCUT2D eigenvalue weighted by atomic mass is 16.5. The van der Waals surface area contributed by atoms with Crippen LogP contribution in [-0.4, -0.2) is 23.0 Å². The number of hydrogen-bond donors (Lipinski definition) is 2. The minimum absolute atomic E-state index is 0.00969. The fraction of sp³-hybridized carbons (Fsp3) is 0.261. The van der Waals surface area contributed by atoms with Crippen LogP contribution in [-0.2, 0) is 4.79 Å². The molecule has 2 aromatic carbocycles. The van der Waals surface area contributed by atoms with Gasteiger partial charge < -0.3 is 15.4 Å². The van der Waals surface area contributed by atoms with Crippen molar-refractivity contribution in [2.24, 2.45) is 5.41 Å². The average Bonchev–Trinajstić information content (AvgIpc) is 2.68. The van der Waals surface area contributed by atoms with Crippen molar-refractivity contribution in [2.45, 2.75) is 27.2 Å². The number of benzene rings is 2. The summed E-state index contributed by atoms with van der Waals surface area (Å²) in [5, 5.41) is 6.19. The number of hydrogen-bond acceptors (Lipinski definition) is 5. The maximum atomic E-state index is 12.1. The molecule has 1 aromatic heterocycles. The van der Waals surface area contributed by atoms with Crippen molar-refractivity contribution < 1.29 is 9.53 Å². The molecule has 0 atom stereocenters. The van der Waals surface area contributed by atoms with Gasteiger partial charge in [0.1, 0.15) is 17.9 Å². The van der Waals surface area contributed by atoms with Crippen molar-refractivity contribution in [1.29, 1.82) is 0 Å². The van der Waals surface area contributed by atoms with Crippen LogP contribution in [0.1, 0.15) is 27.2 Å². The lowest BCUT2D eigenvalue weighted by Gasteiger charge is -2.17. The molecule has 0 fully saturated rings. The Kier molecular flexibility index (Phi) is 6.12.